The fourth-order valence-electron chi connectivity index (χ4n) is 9.96. The van der Waals surface area contributed by atoms with Crippen molar-refractivity contribution in [2.75, 3.05) is 9.80 Å². The average molecular weight is 781 g/mol. The monoisotopic (exact) mass is 780 g/mol. The Balaban J connectivity index is 0.969. The molecule has 0 amide bonds. The van der Waals surface area contributed by atoms with E-state index in [0.29, 0.717) is 0 Å². The van der Waals surface area contributed by atoms with E-state index in [1.807, 2.05) is 6.20 Å². The van der Waals surface area contributed by atoms with Gasteiger partial charge in [0, 0.05) is 45.1 Å². The van der Waals surface area contributed by atoms with Crippen LogP contribution < -0.4 is 9.80 Å². The van der Waals surface area contributed by atoms with Crippen molar-refractivity contribution >= 4 is 55.9 Å². The summed E-state index contributed by atoms with van der Waals surface area (Å²) in [5, 5.41) is 3.38. The number of hydrogen-bond donors (Lipinski definition) is 0. The summed E-state index contributed by atoms with van der Waals surface area (Å²) in [6.45, 7) is 4.70. The summed E-state index contributed by atoms with van der Waals surface area (Å²) in [6.07, 6.45) is 1.92. The molecule has 0 radical (unpaired) electrons. The second kappa shape index (κ2) is 13.6. The minimum absolute atomic E-state index is 0.116. The highest BCUT2D eigenvalue weighted by atomic mass is 15.2. The third-order valence-electron chi connectivity index (χ3n) is 12.8. The predicted molar refractivity (Wildman–Crippen MR) is 254 cm³/mol. The number of fused-ring (bicyclic) bond motifs is 7. The van der Waals surface area contributed by atoms with Crippen LogP contribution in [0.25, 0.3) is 66.3 Å². The highest BCUT2D eigenvalue weighted by Crippen LogP contribution is 2.55. The first-order chi connectivity index (χ1) is 30.0. The van der Waals surface area contributed by atoms with Crippen molar-refractivity contribution in [1.29, 1.82) is 0 Å². The van der Waals surface area contributed by atoms with Gasteiger partial charge in [0.25, 0.3) is 0 Å². The summed E-state index contributed by atoms with van der Waals surface area (Å²) in [4.78, 5) is 15.0. The molecule has 1 aliphatic carbocycles. The Morgan fingerprint density at radius 1 is 0.475 bits per heavy atom. The van der Waals surface area contributed by atoms with Crippen LogP contribution >= 0.6 is 0 Å². The van der Waals surface area contributed by atoms with Gasteiger partial charge in [0.05, 0.1) is 33.7 Å². The Morgan fingerprint density at radius 3 is 1.93 bits per heavy atom. The smallest absolute Gasteiger partial charge is 0.148 e. The van der Waals surface area contributed by atoms with E-state index in [-0.39, 0.29) is 5.41 Å². The van der Waals surface area contributed by atoms with Crippen LogP contribution in [0.1, 0.15) is 25.0 Å². The van der Waals surface area contributed by atoms with Gasteiger partial charge in [-0.15, -0.1) is 0 Å². The molecular formula is C57H40N4. The lowest BCUT2D eigenvalue weighted by Gasteiger charge is -2.32. The standard InChI is InChI=1S/C57H40N4/c1-57(2)47-21-10-6-19-45(47)53-48(57)22-14-26-52(53)60(50-24-12-8-17-42(50)39-15-4-3-5-16-39)40-31-27-37(28-32-40)38-29-33-41(34-30-38)61-51-25-13-9-20-46(51)55-54-44(35-36-58-55)43-18-7-11-23-49(43)59-56(54)61/h3-36H,1-2H3. The summed E-state index contributed by atoms with van der Waals surface area (Å²) in [7, 11) is 0. The van der Waals surface area contributed by atoms with Gasteiger partial charge in [-0.25, -0.2) is 4.98 Å². The quantitative estimate of drug-likeness (QED) is 0.157. The van der Waals surface area contributed by atoms with Gasteiger partial charge in [0.2, 0.25) is 0 Å². The zero-order valence-electron chi connectivity index (χ0n) is 33.9. The fourth-order valence-corrected chi connectivity index (χ4v) is 9.96. The first-order valence-corrected chi connectivity index (χ1v) is 21.0. The van der Waals surface area contributed by atoms with E-state index in [0.717, 1.165) is 72.6 Å². The first-order valence-electron chi connectivity index (χ1n) is 21.0. The first kappa shape index (κ1) is 35.2. The summed E-state index contributed by atoms with van der Waals surface area (Å²) in [5.41, 5.74) is 18.4. The van der Waals surface area contributed by atoms with Crippen molar-refractivity contribution in [2.24, 2.45) is 0 Å². The van der Waals surface area contributed by atoms with E-state index < -0.39 is 0 Å². The van der Waals surface area contributed by atoms with Gasteiger partial charge in [0.15, 0.2) is 0 Å². The van der Waals surface area contributed by atoms with Crippen LogP contribution in [0.15, 0.2) is 206 Å². The maximum absolute atomic E-state index is 5.30. The van der Waals surface area contributed by atoms with Crippen molar-refractivity contribution in [2.45, 2.75) is 19.3 Å². The lowest BCUT2D eigenvalue weighted by Crippen LogP contribution is -2.17. The minimum Gasteiger partial charge on any atom is -0.309 e. The molecule has 0 unspecified atom stereocenters. The summed E-state index contributed by atoms with van der Waals surface area (Å²) in [5.74, 6) is 0.905. The van der Waals surface area contributed by atoms with Crippen LogP contribution in [0.4, 0.5) is 34.3 Å². The zero-order valence-corrected chi connectivity index (χ0v) is 33.9. The molecule has 0 spiro atoms. The van der Waals surface area contributed by atoms with E-state index in [9.17, 15) is 0 Å². The Bertz CT molecular complexity index is 3330. The zero-order chi connectivity index (χ0) is 40.7. The number of aromatic nitrogens is 2. The molecule has 4 heteroatoms. The molecule has 8 aromatic carbocycles. The Labute approximate surface area is 355 Å². The molecule has 0 saturated heterocycles. The highest BCUT2D eigenvalue weighted by molar-refractivity contribution is 6.19. The number of rotatable bonds is 6. The lowest BCUT2D eigenvalue weighted by molar-refractivity contribution is 0.660. The van der Waals surface area contributed by atoms with Crippen molar-refractivity contribution < 1.29 is 0 Å². The van der Waals surface area contributed by atoms with Crippen molar-refractivity contribution in [3.63, 3.8) is 0 Å². The normalized spacial score (nSPS) is 13.2. The Hall–Kier alpha value is -7.82. The number of nitrogens with zero attached hydrogens (tertiary/aromatic N) is 4. The molecule has 0 bridgehead atoms. The molecule has 0 N–H and O–H groups in total. The predicted octanol–water partition coefficient (Wildman–Crippen LogP) is 15.3. The fraction of sp³-hybridized carbons (Fsp3) is 0.0526. The number of hydrogen-bond acceptors (Lipinski definition) is 4. The summed E-state index contributed by atoms with van der Waals surface area (Å²) >= 11 is 0. The third kappa shape index (κ3) is 5.39. The Kier molecular flexibility index (Phi) is 7.85. The largest absolute Gasteiger partial charge is 0.309 e. The van der Waals surface area contributed by atoms with Gasteiger partial charge in [-0.3, -0.25) is 9.88 Å². The molecule has 0 atom stereocenters. The Morgan fingerprint density at radius 2 is 1.11 bits per heavy atom. The molecule has 1 aliphatic heterocycles. The van der Waals surface area contributed by atoms with Gasteiger partial charge in [0.1, 0.15) is 5.82 Å². The van der Waals surface area contributed by atoms with Crippen LogP contribution in [-0.4, -0.2) is 9.97 Å². The minimum atomic E-state index is -0.116. The van der Waals surface area contributed by atoms with E-state index in [4.69, 9.17) is 9.97 Å². The van der Waals surface area contributed by atoms with Crippen molar-refractivity contribution in [3.8, 4) is 44.6 Å². The van der Waals surface area contributed by atoms with Gasteiger partial charge >= 0.3 is 0 Å². The molecule has 0 saturated carbocycles. The molecule has 12 rings (SSSR count). The van der Waals surface area contributed by atoms with Gasteiger partial charge in [-0.2, -0.15) is 0 Å². The number of pyridine rings is 2. The molecule has 10 aromatic rings. The maximum atomic E-state index is 5.30. The number of benzene rings is 8. The van der Waals surface area contributed by atoms with E-state index in [1.165, 1.54) is 39.1 Å². The third-order valence-corrected chi connectivity index (χ3v) is 12.8. The van der Waals surface area contributed by atoms with Gasteiger partial charge < -0.3 is 4.90 Å². The summed E-state index contributed by atoms with van der Waals surface area (Å²) < 4.78 is 0. The molecule has 0 fully saturated rings. The highest BCUT2D eigenvalue weighted by Gasteiger charge is 2.38. The van der Waals surface area contributed by atoms with E-state index in [1.54, 1.807) is 0 Å². The van der Waals surface area contributed by atoms with Crippen molar-refractivity contribution in [3.05, 3.63) is 218 Å². The van der Waals surface area contributed by atoms with Crippen LogP contribution in [-0.2, 0) is 5.41 Å². The molecule has 2 aromatic heterocycles. The second-order valence-electron chi connectivity index (χ2n) is 16.6. The van der Waals surface area contributed by atoms with Crippen molar-refractivity contribution in [1.82, 2.24) is 9.97 Å². The summed E-state index contributed by atoms with van der Waals surface area (Å²) in [6, 6.07) is 72.3. The maximum Gasteiger partial charge on any atom is 0.148 e. The molecule has 2 aliphatic rings. The number of anilines is 6. The molecular weight excluding hydrogens is 741 g/mol. The molecule has 4 nitrogen and oxygen atoms in total. The molecule has 61 heavy (non-hydrogen) atoms. The number of para-hydroxylation sites is 3. The van der Waals surface area contributed by atoms with Gasteiger partial charge in [-0.05, 0) is 93.4 Å². The average Bonchev–Trinajstić information content (AvgIpc) is 3.56. The van der Waals surface area contributed by atoms with Crippen LogP contribution in [0, 0.1) is 0 Å². The second-order valence-corrected chi connectivity index (χ2v) is 16.6. The van der Waals surface area contributed by atoms with Crippen LogP contribution in [0.5, 0.6) is 0 Å². The SMILES string of the molecule is CC1(C)c2ccccc2-c2c(N(c3ccc(-c4ccc(N5c6ccccc6-c6nccc7c6c5nc5ccccc57)cc4)cc3)c3ccccc3-c3ccccc3)cccc21. The lowest BCUT2D eigenvalue weighted by atomic mass is 9.82. The topological polar surface area (TPSA) is 32.3 Å². The van der Waals surface area contributed by atoms with Crippen LogP contribution in [0.2, 0.25) is 0 Å². The van der Waals surface area contributed by atoms with E-state index >= 15 is 0 Å². The van der Waals surface area contributed by atoms with Gasteiger partial charge in [-0.1, -0.05) is 159 Å². The van der Waals surface area contributed by atoms with Crippen LogP contribution in [0.3, 0.4) is 0 Å². The molecule has 3 heterocycles. The molecule has 288 valence electrons. The van der Waals surface area contributed by atoms with E-state index in [2.05, 4.69) is 224 Å².